The minimum absolute atomic E-state index is 0.157. The van der Waals surface area contributed by atoms with Gasteiger partial charge in [-0.05, 0) is 63.4 Å². The first-order valence-corrected chi connectivity index (χ1v) is 7.06. The van der Waals surface area contributed by atoms with Gasteiger partial charge in [-0.3, -0.25) is 0 Å². The Kier molecular flexibility index (Phi) is 6.32. The van der Waals surface area contributed by atoms with Crippen LogP contribution in [0.3, 0.4) is 0 Å². The summed E-state index contributed by atoms with van der Waals surface area (Å²) in [6, 6.07) is 6.26. The van der Waals surface area contributed by atoms with E-state index in [1.165, 1.54) is 11.1 Å². The molecule has 0 aromatic heterocycles. The maximum absolute atomic E-state index is 9.40. The molecule has 0 amide bonds. The van der Waals surface area contributed by atoms with Gasteiger partial charge in [0.2, 0.25) is 0 Å². The first kappa shape index (κ1) is 16.0. The van der Waals surface area contributed by atoms with Gasteiger partial charge in [-0.15, -0.1) is 0 Å². The number of nitrogens with one attached hydrogen (secondary N) is 1. The standard InChI is InChI=1S/C16H27NO2/c1-5-17-16(4,12-18)7-6-8-19-15-10-13(2)9-14(3)11-15/h9-11,17-18H,5-8,12H2,1-4H3. The van der Waals surface area contributed by atoms with E-state index in [1.807, 2.05) is 6.92 Å². The molecule has 0 aliphatic rings. The molecule has 3 heteroatoms. The Morgan fingerprint density at radius 1 is 1.21 bits per heavy atom. The average molecular weight is 265 g/mol. The first-order valence-electron chi connectivity index (χ1n) is 7.06. The molecule has 0 bridgehead atoms. The van der Waals surface area contributed by atoms with Crippen molar-refractivity contribution < 1.29 is 9.84 Å². The fraction of sp³-hybridized carbons (Fsp3) is 0.625. The smallest absolute Gasteiger partial charge is 0.119 e. The minimum Gasteiger partial charge on any atom is -0.494 e. The lowest BCUT2D eigenvalue weighted by atomic mass is 9.97. The van der Waals surface area contributed by atoms with Gasteiger partial charge in [0.05, 0.1) is 13.2 Å². The molecule has 108 valence electrons. The lowest BCUT2D eigenvalue weighted by Gasteiger charge is -2.28. The summed E-state index contributed by atoms with van der Waals surface area (Å²) in [7, 11) is 0. The third-order valence-corrected chi connectivity index (χ3v) is 3.29. The van der Waals surface area contributed by atoms with E-state index in [-0.39, 0.29) is 12.1 Å². The van der Waals surface area contributed by atoms with E-state index < -0.39 is 0 Å². The summed E-state index contributed by atoms with van der Waals surface area (Å²) in [5.74, 6) is 0.937. The van der Waals surface area contributed by atoms with Gasteiger partial charge in [0, 0.05) is 5.54 Å². The van der Waals surface area contributed by atoms with E-state index in [0.717, 1.165) is 25.1 Å². The van der Waals surface area contributed by atoms with Crippen molar-refractivity contribution in [2.24, 2.45) is 0 Å². The highest BCUT2D eigenvalue weighted by Gasteiger charge is 2.20. The predicted octanol–water partition coefficient (Wildman–Crippen LogP) is 2.82. The molecule has 1 aromatic carbocycles. The van der Waals surface area contributed by atoms with Crippen molar-refractivity contribution in [3.8, 4) is 5.75 Å². The third kappa shape index (κ3) is 5.62. The average Bonchev–Trinajstić information content (AvgIpc) is 2.34. The third-order valence-electron chi connectivity index (χ3n) is 3.29. The molecule has 19 heavy (non-hydrogen) atoms. The van der Waals surface area contributed by atoms with Crippen molar-refractivity contribution >= 4 is 0 Å². The van der Waals surface area contributed by atoms with E-state index in [4.69, 9.17) is 4.74 Å². The molecule has 0 saturated carbocycles. The van der Waals surface area contributed by atoms with Gasteiger partial charge in [0.25, 0.3) is 0 Å². The Balaban J connectivity index is 2.38. The van der Waals surface area contributed by atoms with Gasteiger partial charge in [-0.25, -0.2) is 0 Å². The molecule has 0 fully saturated rings. The normalized spacial score (nSPS) is 14.2. The maximum Gasteiger partial charge on any atom is 0.119 e. The van der Waals surface area contributed by atoms with Crippen molar-refractivity contribution in [2.45, 2.75) is 46.1 Å². The van der Waals surface area contributed by atoms with Gasteiger partial charge in [-0.2, -0.15) is 0 Å². The number of aliphatic hydroxyl groups excluding tert-OH is 1. The van der Waals surface area contributed by atoms with Crippen LogP contribution in [0.25, 0.3) is 0 Å². The Labute approximate surface area is 117 Å². The number of likely N-dealkylation sites (N-methyl/N-ethyl adjacent to an activating group) is 1. The first-order chi connectivity index (χ1) is 8.99. The van der Waals surface area contributed by atoms with Crippen LogP contribution in [0.5, 0.6) is 5.75 Å². The molecule has 1 unspecified atom stereocenters. The van der Waals surface area contributed by atoms with Gasteiger partial charge in [0.1, 0.15) is 5.75 Å². The molecular formula is C16H27NO2. The van der Waals surface area contributed by atoms with E-state index in [1.54, 1.807) is 0 Å². The van der Waals surface area contributed by atoms with Gasteiger partial charge >= 0.3 is 0 Å². The van der Waals surface area contributed by atoms with Crippen LogP contribution in [0.4, 0.5) is 0 Å². The molecule has 1 atom stereocenters. The van der Waals surface area contributed by atoms with Crippen LogP contribution in [-0.2, 0) is 0 Å². The summed E-state index contributed by atoms with van der Waals surface area (Å²) >= 11 is 0. The number of ether oxygens (including phenoxy) is 1. The number of aryl methyl sites for hydroxylation is 2. The molecule has 1 aromatic rings. The largest absolute Gasteiger partial charge is 0.494 e. The predicted molar refractivity (Wildman–Crippen MR) is 79.8 cm³/mol. The van der Waals surface area contributed by atoms with Crippen molar-refractivity contribution in [2.75, 3.05) is 19.8 Å². The summed E-state index contributed by atoms with van der Waals surface area (Å²) in [5.41, 5.74) is 2.26. The lowest BCUT2D eigenvalue weighted by Crippen LogP contribution is -2.45. The maximum atomic E-state index is 9.40. The van der Waals surface area contributed by atoms with Crippen molar-refractivity contribution in [3.63, 3.8) is 0 Å². The van der Waals surface area contributed by atoms with Crippen LogP contribution in [0.2, 0.25) is 0 Å². The van der Waals surface area contributed by atoms with E-state index in [9.17, 15) is 5.11 Å². The molecule has 0 heterocycles. The Morgan fingerprint density at radius 3 is 2.37 bits per heavy atom. The van der Waals surface area contributed by atoms with E-state index in [2.05, 4.69) is 44.3 Å². The van der Waals surface area contributed by atoms with Crippen LogP contribution in [-0.4, -0.2) is 30.4 Å². The number of rotatable bonds is 8. The molecular weight excluding hydrogens is 238 g/mol. The minimum atomic E-state index is -0.194. The fourth-order valence-corrected chi connectivity index (χ4v) is 2.32. The van der Waals surface area contributed by atoms with Gasteiger partial charge < -0.3 is 15.2 Å². The Morgan fingerprint density at radius 2 is 1.84 bits per heavy atom. The zero-order valence-electron chi connectivity index (χ0n) is 12.6. The van der Waals surface area contributed by atoms with E-state index >= 15 is 0 Å². The van der Waals surface area contributed by atoms with Crippen LogP contribution in [0, 0.1) is 13.8 Å². The summed E-state index contributed by atoms with van der Waals surface area (Å²) in [6.45, 7) is 9.97. The van der Waals surface area contributed by atoms with Crippen molar-refractivity contribution in [3.05, 3.63) is 29.3 Å². The number of hydrogen-bond donors (Lipinski definition) is 2. The summed E-state index contributed by atoms with van der Waals surface area (Å²) < 4.78 is 5.78. The van der Waals surface area contributed by atoms with E-state index in [0.29, 0.717) is 6.61 Å². The topological polar surface area (TPSA) is 41.5 Å². The molecule has 3 nitrogen and oxygen atoms in total. The SMILES string of the molecule is CCNC(C)(CO)CCCOc1cc(C)cc(C)c1. The number of aliphatic hydroxyl groups is 1. The molecule has 0 spiro atoms. The number of benzene rings is 1. The lowest BCUT2D eigenvalue weighted by molar-refractivity contribution is 0.158. The quantitative estimate of drug-likeness (QED) is 0.710. The molecule has 1 rings (SSSR count). The highest BCUT2D eigenvalue weighted by Crippen LogP contribution is 2.17. The van der Waals surface area contributed by atoms with Crippen LogP contribution in [0.1, 0.15) is 37.8 Å². The second-order valence-corrected chi connectivity index (χ2v) is 5.52. The Bertz CT molecular complexity index is 372. The van der Waals surface area contributed by atoms with Crippen LogP contribution < -0.4 is 10.1 Å². The van der Waals surface area contributed by atoms with Gasteiger partial charge in [-0.1, -0.05) is 13.0 Å². The monoisotopic (exact) mass is 265 g/mol. The summed E-state index contributed by atoms with van der Waals surface area (Å²) in [6.07, 6.45) is 1.83. The zero-order chi connectivity index (χ0) is 14.3. The van der Waals surface area contributed by atoms with Crippen molar-refractivity contribution in [1.82, 2.24) is 5.32 Å². The number of hydrogen-bond acceptors (Lipinski definition) is 3. The molecule has 0 aliphatic heterocycles. The van der Waals surface area contributed by atoms with Crippen molar-refractivity contribution in [1.29, 1.82) is 0 Å². The fourth-order valence-electron chi connectivity index (χ4n) is 2.32. The summed E-state index contributed by atoms with van der Waals surface area (Å²) in [4.78, 5) is 0. The highest BCUT2D eigenvalue weighted by atomic mass is 16.5. The Hall–Kier alpha value is -1.06. The molecule has 2 N–H and O–H groups in total. The zero-order valence-corrected chi connectivity index (χ0v) is 12.6. The second kappa shape index (κ2) is 7.51. The second-order valence-electron chi connectivity index (χ2n) is 5.52. The molecule has 0 saturated heterocycles. The van der Waals surface area contributed by atoms with Crippen LogP contribution >= 0.6 is 0 Å². The van der Waals surface area contributed by atoms with Crippen LogP contribution in [0.15, 0.2) is 18.2 Å². The molecule has 0 aliphatic carbocycles. The van der Waals surface area contributed by atoms with Gasteiger partial charge in [0.15, 0.2) is 0 Å². The summed E-state index contributed by atoms with van der Waals surface area (Å²) in [5, 5.41) is 12.7. The molecule has 0 radical (unpaired) electrons. The highest BCUT2D eigenvalue weighted by molar-refractivity contribution is 5.32.